The van der Waals surface area contributed by atoms with Gasteiger partial charge in [-0.2, -0.15) is 5.10 Å². The van der Waals surface area contributed by atoms with Crippen LogP contribution in [0.1, 0.15) is 11.1 Å². The van der Waals surface area contributed by atoms with E-state index in [1.165, 1.54) is 5.56 Å². The molecule has 162 valence electrons. The molecule has 5 nitrogen and oxygen atoms in total. The Kier molecular flexibility index (Phi) is 7.51. The number of thiocarbonyl (C=S) groups is 1. The van der Waals surface area contributed by atoms with Crippen LogP contribution in [0.3, 0.4) is 0 Å². The Balaban J connectivity index is 1.31. The smallest absolute Gasteiger partial charge is 0.174 e. The van der Waals surface area contributed by atoms with E-state index in [0.717, 1.165) is 52.8 Å². The molecular weight excluding hydrogens is 517 g/mol. The average Bonchev–Trinajstić information content (AvgIpc) is 3.09. The van der Waals surface area contributed by atoms with Crippen molar-refractivity contribution >= 4 is 62.3 Å². The van der Waals surface area contributed by atoms with E-state index in [1.807, 2.05) is 53.3 Å². The normalized spacial score (nSPS) is 14.6. The summed E-state index contributed by atoms with van der Waals surface area (Å²) in [6.07, 6.45) is 1.93. The van der Waals surface area contributed by atoms with Crippen molar-refractivity contribution < 1.29 is 0 Å². The van der Waals surface area contributed by atoms with E-state index in [4.69, 9.17) is 35.4 Å². The molecule has 0 radical (unpaired) electrons. The molecule has 1 aliphatic heterocycles. The van der Waals surface area contributed by atoms with Crippen molar-refractivity contribution in [1.82, 2.24) is 19.6 Å². The lowest BCUT2D eigenvalue weighted by Crippen LogP contribution is -2.49. The second-order valence-corrected chi connectivity index (χ2v) is 9.52. The van der Waals surface area contributed by atoms with Crippen LogP contribution in [0.4, 0.5) is 5.82 Å². The molecule has 0 saturated carbocycles. The van der Waals surface area contributed by atoms with Crippen LogP contribution >= 0.6 is 51.3 Å². The number of nitrogens with zero attached hydrogens (tertiary/aromatic N) is 4. The van der Waals surface area contributed by atoms with Gasteiger partial charge in [0, 0.05) is 49.0 Å². The van der Waals surface area contributed by atoms with Crippen LogP contribution in [0.15, 0.2) is 59.2 Å². The number of piperazine rings is 1. The van der Waals surface area contributed by atoms with Crippen molar-refractivity contribution in [2.45, 2.75) is 13.1 Å². The van der Waals surface area contributed by atoms with Crippen LogP contribution in [0, 0.1) is 0 Å². The second-order valence-electron chi connectivity index (χ2n) is 7.44. The molecule has 0 bridgehead atoms. The van der Waals surface area contributed by atoms with Gasteiger partial charge in [0.25, 0.3) is 0 Å². The van der Waals surface area contributed by atoms with Crippen LogP contribution in [0.25, 0.3) is 0 Å². The molecule has 1 aromatic heterocycles. The Hall–Kier alpha value is -1.64. The van der Waals surface area contributed by atoms with Gasteiger partial charge in [-0.15, -0.1) is 0 Å². The first-order chi connectivity index (χ1) is 15.0. The summed E-state index contributed by atoms with van der Waals surface area (Å²) in [6, 6.07) is 15.8. The van der Waals surface area contributed by atoms with Gasteiger partial charge in [-0.3, -0.25) is 9.58 Å². The Morgan fingerprint density at radius 1 is 1.03 bits per heavy atom. The van der Waals surface area contributed by atoms with Crippen molar-refractivity contribution in [2.24, 2.45) is 0 Å². The van der Waals surface area contributed by atoms with Crippen LogP contribution in [0.2, 0.25) is 10.0 Å². The fourth-order valence-electron chi connectivity index (χ4n) is 3.55. The Morgan fingerprint density at radius 3 is 2.55 bits per heavy atom. The lowest BCUT2D eigenvalue weighted by Gasteiger charge is -2.36. The quantitative estimate of drug-likeness (QED) is 0.433. The first kappa shape index (κ1) is 22.6. The third-order valence-electron chi connectivity index (χ3n) is 5.19. The highest BCUT2D eigenvalue weighted by Crippen LogP contribution is 2.23. The van der Waals surface area contributed by atoms with Gasteiger partial charge < -0.3 is 10.2 Å². The summed E-state index contributed by atoms with van der Waals surface area (Å²) in [5.41, 5.74) is 2.25. The van der Waals surface area contributed by atoms with E-state index < -0.39 is 0 Å². The largest absolute Gasteiger partial charge is 0.346 e. The fraction of sp³-hybridized carbons (Fsp3) is 0.273. The van der Waals surface area contributed by atoms with Crippen molar-refractivity contribution in [3.8, 4) is 0 Å². The highest BCUT2D eigenvalue weighted by Gasteiger charge is 2.20. The molecule has 1 aliphatic rings. The first-order valence-corrected chi connectivity index (χ1v) is 11.9. The van der Waals surface area contributed by atoms with Crippen molar-refractivity contribution in [1.29, 1.82) is 0 Å². The maximum absolute atomic E-state index is 6.27. The number of anilines is 1. The van der Waals surface area contributed by atoms with Gasteiger partial charge in [0.2, 0.25) is 0 Å². The summed E-state index contributed by atoms with van der Waals surface area (Å²) in [5.74, 6) is 0.707. The first-order valence-electron chi connectivity index (χ1n) is 9.97. The van der Waals surface area contributed by atoms with Crippen molar-refractivity contribution in [3.63, 3.8) is 0 Å². The molecule has 2 aromatic carbocycles. The molecule has 0 amide bonds. The van der Waals surface area contributed by atoms with E-state index in [-0.39, 0.29) is 0 Å². The standard InChI is InChI=1S/C22H22BrCl2N5S/c23-19-15-30(14-17-5-1-2-7-20(17)25)27-21(19)26-22(31)29-10-8-28(9-11-29)13-16-4-3-6-18(24)12-16/h1-7,12,15H,8-11,13-14H2,(H,26,27,31). The minimum absolute atomic E-state index is 0.592. The third kappa shape index (κ3) is 5.99. The molecule has 31 heavy (non-hydrogen) atoms. The van der Waals surface area contributed by atoms with Crippen molar-refractivity contribution in [3.05, 3.63) is 80.4 Å². The molecule has 1 fully saturated rings. The van der Waals surface area contributed by atoms with E-state index in [9.17, 15) is 0 Å². The molecule has 4 rings (SSSR count). The molecule has 3 aromatic rings. The number of nitrogens with one attached hydrogen (secondary N) is 1. The van der Waals surface area contributed by atoms with Crippen molar-refractivity contribution in [2.75, 3.05) is 31.5 Å². The number of rotatable bonds is 5. The highest BCUT2D eigenvalue weighted by molar-refractivity contribution is 9.10. The zero-order valence-electron chi connectivity index (χ0n) is 16.8. The molecule has 9 heteroatoms. The zero-order chi connectivity index (χ0) is 21.8. The number of hydrogen-bond donors (Lipinski definition) is 1. The molecule has 0 aliphatic carbocycles. The zero-order valence-corrected chi connectivity index (χ0v) is 20.7. The number of benzene rings is 2. The van der Waals surface area contributed by atoms with Gasteiger partial charge >= 0.3 is 0 Å². The third-order valence-corrected chi connectivity index (χ3v) is 6.73. The van der Waals surface area contributed by atoms with E-state index in [2.05, 4.69) is 42.2 Å². The lowest BCUT2D eigenvalue weighted by atomic mass is 10.2. The monoisotopic (exact) mass is 537 g/mol. The molecule has 0 spiro atoms. The fourth-order valence-corrected chi connectivity index (χ4v) is 4.65. The van der Waals surface area contributed by atoms with Crippen LogP contribution in [-0.4, -0.2) is 50.9 Å². The molecule has 1 N–H and O–H groups in total. The van der Waals surface area contributed by atoms with Gasteiger partial charge in [-0.05, 0) is 57.5 Å². The topological polar surface area (TPSA) is 36.3 Å². The van der Waals surface area contributed by atoms with E-state index in [1.54, 1.807) is 0 Å². The summed E-state index contributed by atoms with van der Waals surface area (Å²) in [6.45, 7) is 5.10. The maximum atomic E-state index is 6.27. The molecular formula is C22H22BrCl2N5S. The van der Waals surface area contributed by atoms with Gasteiger partial charge in [-0.25, -0.2) is 0 Å². The van der Waals surface area contributed by atoms with Crippen LogP contribution in [-0.2, 0) is 13.1 Å². The van der Waals surface area contributed by atoms with E-state index in [0.29, 0.717) is 17.5 Å². The molecule has 0 unspecified atom stereocenters. The number of hydrogen-bond acceptors (Lipinski definition) is 3. The van der Waals surface area contributed by atoms with E-state index >= 15 is 0 Å². The highest BCUT2D eigenvalue weighted by atomic mass is 79.9. The summed E-state index contributed by atoms with van der Waals surface area (Å²) in [5, 5.41) is 10.1. The number of aromatic nitrogens is 2. The second kappa shape index (κ2) is 10.3. The summed E-state index contributed by atoms with van der Waals surface area (Å²) >= 11 is 21.6. The Morgan fingerprint density at radius 2 is 1.81 bits per heavy atom. The minimum Gasteiger partial charge on any atom is -0.346 e. The maximum Gasteiger partial charge on any atom is 0.174 e. The summed E-state index contributed by atoms with van der Waals surface area (Å²) in [4.78, 5) is 4.60. The Labute approximate surface area is 206 Å². The minimum atomic E-state index is 0.592. The average molecular weight is 539 g/mol. The van der Waals surface area contributed by atoms with Crippen LogP contribution < -0.4 is 5.32 Å². The predicted octanol–water partition coefficient (Wildman–Crippen LogP) is 5.52. The SMILES string of the molecule is S=C(Nc1nn(Cc2ccccc2Cl)cc1Br)N1CCN(Cc2cccc(Cl)c2)CC1. The summed E-state index contributed by atoms with van der Waals surface area (Å²) in [7, 11) is 0. The predicted molar refractivity (Wildman–Crippen MR) is 135 cm³/mol. The molecule has 2 heterocycles. The van der Waals surface area contributed by atoms with Crippen LogP contribution in [0.5, 0.6) is 0 Å². The molecule has 1 saturated heterocycles. The number of halogens is 3. The summed E-state index contributed by atoms with van der Waals surface area (Å²) < 4.78 is 2.71. The molecule has 0 atom stereocenters. The van der Waals surface area contributed by atoms with Gasteiger partial charge in [-0.1, -0.05) is 53.5 Å². The van der Waals surface area contributed by atoms with Gasteiger partial charge in [0.05, 0.1) is 11.0 Å². The van der Waals surface area contributed by atoms with Gasteiger partial charge in [0.15, 0.2) is 10.9 Å². The Bertz CT molecular complexity index is 1070. The van der Waals surface area contributed by atoms with Gasteiger partial charge in [0.1, 0.15) is 0 Å². The lowest BCUT2D eigenvalue weighted by molar-refractivity contribution is 0.177.